The summed E-state index contributed by atoms with van der Waals surface area (Å²) < 4.78 is 11.0. The van der Waals surface area contributed by atoms with Crippen molar-refractivity contribution in [2.75, 3.05) is 7.11 Å². The van der Waals surface area contributed by atoms with Crippen LogP contribution in [0, 0.1) is 0 Å². The number of nitrogens with two attached hydrogens (primary N) is 1. The number of ether oxygens (including phenoxy) is 2. The highest BCUT2D eigenvalue weighted by atomic mass is 16.5. The van der Waals surface area contributed by atoms with Crippen molar-refractivity contribution in [1.82, 2.24) is 5.32 Å². The Morgan fingerprint density at radius 1 is 0.933 bits per heavy atom. The van der Waals surface area contributed by atoms with E-state index in [1.165, 1.54) is 6.08 Å². The first-order valence-corrected chi connectivity index (χ1v) is 9.29. The first-order valence-electron chi connectivity index (χ1n) is 9.29. The van der Waals surface area contributed by atoms with Crippen molar-refractivity contribution in [1.29, 1.82) is 0 Å². The van der Waals surface area contributed by atoms with Crippen molar-refractivity contribution >= 4 is 17.9 Å². The summed E-state index contributed by atoms with van der Waals surface area (Å²) >= 11 is 0. The van der Waals surface area contributed by atoms with Gasteiger partial charge < -0.3 is 20.5 Å². The molecule has 0 unspecified atom stereocenters. The summed E-state index contributed by atoms with van der Waals surface area (Å²) in [5, 5.41) is 2.56. The van der Waals surface area contributed by atoms with E-state index in [0.717, 1.165) is 11.3 Å². The zero-order valence-corrected chi connectivity index (χ0v) is 16.5. The third kappa shape index (κ3) is 5.72. The van der Waals surface area contributed by atoms with Crippen molar-refractivity contribution in [2.45, 2.75) is 6.61 Å². The molecule has 0 atom stereocenters. The number of methoxy groups -OCH3 is 1. The van der Waals surface area contributed by atoms with Crippen molar-refractivity contribution in [3.05, 3.63) is 101 Å². The average molecular weight is 402 g/mol. The summed E-state index contributed by atoms with van der Waals surface area (Å²) in [4.78, 5) is 24.0. The van der Waals surface area contributed by atoms with Crippen LogP contribution in [0.15, 0.2) is 84.6 Å². The Hall–Kier alpha value is -4.06. The van der Waals surface area contributed by atoms with Crippen LogP contribution in [0.2, 0.25) is 0 Å². The normalized spacial score (nSPS) is 10.9. The van der Waals surface area contributed by atoms with Gasteiger partial charge in [-0.25, -0.2) is 0 Å². The molecule has 3 aromatic rings. The number of primary amides is 1. The fourth-order valence-corrected chi connectivity index (χ4v) is 2.71. The number of hydrogen-bond donors (Lipinski definition) is 2. The lowest BCUT2D eigenvalue weighted by Crippen LogP contribution is -2.31. The third-order valence-electron chi connectivity index (χ3n) is 4.28. The Balaban J connectivity index is 1.66. The summed E-state index contributed by atoms with van der Waals surface area (Å²) in [6.45, 7) is 0.395. The number of rotatable bonds is 8. The van der Waals surface area contributed by atoms with Crippen LogP contribution < -0.4 is 20.5 Å². The molecule has 3 aromatic carbocycles. The highest BCUT2D eigenvalue weighted by Crippen LogP contribution is 2.18. The fourth-order valence-electron chi connectivity index (χ4n) is 2.71. The minimum atomic E-state index is -0.724. The van der Waals surface area contributed by atoms with Crippen molar-refractivity contribution in [3.8, 4) is 11.5 Å². The first kappa shape index (κ1) is 20.7. The smallest absolute Gasteiger partial charge is 0.265 e. The van der Waals surface area contributed by atoms with Gasteiger partial charge in [0, 0.05) is 5.56 Å². The molecule has 152 valence electrons. The van der Waals surface area contributed by atoms with E-state index >= 15 is 0 Å². The molecule has 0 bridgehead atoms. The molecule has 0 radical (unpaired) electrons. The largest absolute Gasteiger partial charge is 0.497 e. The van der Waals surface area contributed by atoms with Gasteiger partial charge in [0.1, 0.15) is 23.8 Å². The Morgan fingerprint density at radius 3 is 2.33 bits per heavy atom. The van der Waals surface area contributed by atoms with Crippen LogP contribution in [0.3, 0.4) is 0 Å². The summed E-state index contributed by atoms with van der Waals surface area (Å²) in [5.41, 5.74) is 7.55. The SMILES string of the molecule is COc1cccc(COc2ccc(C=C(NC(=O)c3ccccc3)C(N)=O)cc2)c1. The quantitative estimate of drug-likeness (QED) is 0.564. The number of carbonyl (C=O) groups is 2. The second-order valence-electron chi connectivity index (χ2n) is 6.45. The Labute approximate surface area is 174 Å². The van der Waals surface area contributed by atoms with Crippen LogP contribution in [0.25, 0.3) is 6.08 Å². The van der Waals surface area contributed by atoms with Crippen LogP contribution >= 0.6 is 0 Å². The highest BCUT2D eigenvalue weighted by Gasteiger charge is 2.11. The van der Waals surface area contributed by atoms with Gasteiger partial charge in [-0.1, -0.05) is 42.5 Å². The van der Waals surface area contributed by atoms with Gasteiger partial charge in [0.25, 0.3) is 11.8 Å². The molecule has 3 rings (SSSR count). The van der Waals surface area contributed by atoms with Gasteiger partial charge in [-0.05, 0) is 53.6 Å². The zero-order chi connectivity index (χ0) is 21.3. The van der Waals surface area contributed by atoms with E-state index < -0.39 is 11.8 Å². The van der Waals surface area contributed by atoms with E-state index in [4.69, 9.17) is 15.2 Å². The lowest BCUT2D eigenvalue weighted by Gasteiger charge is -2.09. The topological polar surface area (TPSA) is 90.7 Å². The van der Waals surface area contributed by atoms with Gasteiger partial charge in [-0.2, -0.15) is 0 Å². The maximum absolute atomic E-state index is 12.3. The van der Waals surface area contributed by atoms with Gasteiger partial charge in [0.05, 0.1) is 7.11 Å². The molecule has 0 aromatic heterocycles. The van der Waals surface area contributed by atoms with E-state index in [1.807, 2.05) is 24.3 Å². The molecule has 0 saturated heterocycles. The summed E-state index contributed by atoms with van der Waals surface area (Å²) in [6.07, 6.45) is 1.52. The van der Waals surface area contributed by atoms with Crippen LogP contribution in [-0.4, -0.2) is 18.9 Å². The standard InChI is InChI=1S/C24H22N2O4/c1-29-21-9-5-6-18(14-21)16-30-20-12-10-17(11-13-20)15-22(23(25)27)26-24(28)19-7-3-2-4-8-19/h2-15H,16H2,1H3,(H2,25,27)(H,26,28). The molecule has 0 spiro atoms. The van der Waals surface area contributed by atoms with Gasteiger partial charge >= 0.3 is 0 Å². The summed E-state index contributed by atoms with van der Waals surface area (Å²) in [5.74, 6) is 0.313. The van der Waals surface area contributed by atoms with Gasteiger partial charge in [0.15, 0.2) is 0 Å². The molecule has 0 aliphatic heterocycles. The number of hydrogen-bond acceptors (Lipinski definition) is 4. The second kappa shape index (κ2) is 9.93. The molecule has 0 fully saturated rings. The molecule has 0 heterocycles. The van der Waals surface area contributed by atoms with E-state index in [-0.39, 0.29) is 5.70 Å². The second-order valence-corrected chi connectivity index (χ2v) is 6.45. The van der Waals surface area contributed by atoms with Crippen LogP contribution in [0.4, 0.5) is 0 Å². The Morgan fingerprint density at radius 2 is 1.67 bits per heavy atom. The van der Waals surface area contributed by atoms with E-state index in [2.05, 4.69) is 5.32 Å². The number of carbonyl (C=O) groups excluding carboxylic acids is 2. The average Bonchev–Trinajstić information content (AvgIpc) is 2.78. The maximum atomic E-state index is 12.3. The maximum Gasteiger partial charge on any atom is 0.265 e. The van der Waals surface area contributed by atoms with Gasteiger partial charge in [-0.3, -0.25) is 9.59 Å². The number of amides is 2. The van der Waals surface area contributed by atoms with Crippen molar-refractivity contribution in [2.24, 2.45) is 5.73 Å². The molecule has 2 amide bonds. The fraction of sp³-hybridized carbons (Fsp3) is 0.0833. The molecule has 0 aliphatic carbocycles. The lowest BCUT2D eigenvalue weighted by molar-refractivity contribution is -0.114. The van der Waals surface area contributed by atoms with E-state index in [1.54, 1.807) is 61.7 Å². The summed E-state index contributed by atoms with van der Waals surface area (Å²) in [6, 6.07) is 23.4. The van der Waals surface area contributed by atoms with Crippen LogP contribution in [0.1, 0.15) is 21.5 Å². The van der Waals surface area contributed by atoms with E-state index in [0.29, 0.717) is 23.5 Å². The van der Waals surface area contributed by atoms with Crippen LogP contribution in [0.5, 0.6) is 11.5 Å². The monoisotopic (exact) mass is 402 g/mol. The van der Waals surface area contributed by atoms with Crippen LogP contribution in [-0.2, 0) is 11.4 Å². The molecular weight excluding hydrogens is 380 g/mol. The van der Waals surface area contributed by atoms with E-state index in [9.17, 15) is 9.59 Å². The summed E-state index contributed by atoms with van der Waals surface area (Å²) in [7, 11) is 1.62. The molecule has 6 heteroatoms. The molecular formula is C24H22N2O4. The first-order chi connectivity index (χ1) is 14.5. The predicted octanol–water partition coefficient (Wildman–Crippen LogP) is 3.53. The lowest BCUT2D eigenvalue weighted by atomic mass is 10.1. The van der Waals surface area contributed by atoms with Gasteiger partial charge in [0.2, 0.25) is 0 Å². The van der Waals surface area contributed by atoms with Crippen molar-refractivity contribution < 1.29 is 19.1 Å². The Kier molecular flexibility index (Phi) is 6.84. The molecule has 30 heavy (non-hydrogen) atoms. The third-order valence-corrected chi connectivity index (χ3v) is 4.28. The Bertz CT molecular complexity index is 1040. The predicted molar refractivity (Wildman–Crippen MR) is 115 cm³/mol. The number of nitrogens with one attached hydrogen (secondary N) is 1. The van der Waals surface area contributed by atoms with Crippen molar-refractivity contribution in [3.63, 3.8) is 0 Å². The van der Waals surface area contributed by atoms with Gasteiger partial charge in [-0.15, -0.1) is 0 Å². The minimum absolute atomic E-state index is 0.00824. The zero-order valence-electron chi connectivity index (χ0n) is 16.5. The molecule has 0 saturated carbocycles. The highest BCUT2D eigenvalue weighted by molar-refractivity contribution is 6.04. The molecule has 0 aliphatic rings. The molecule has 3 N–H and O–H groups in total. The molecule has 6 nitrogen and oxygen atoms in total. The number of benzene rings is 3. The minimum Gasteiger partial charge on any atom is -0.497 e.